The molecule has 2 aliphatic rings. The minimum atomic E-state index is -0.0293. The molecule has 0 aliphatic heterocycles. The van der Waals surface area contributed by atoms with Crippen LogP contribution in [0.4, 0.5) is 0 Å². The van der Waals surface area contributed by atoms with Gasteiger partial charge in [0.1, 0.15) is 0 Å². The number of allylic oxidation sites excluding steroid dienone is 4. The van der Waals surface area contributed by atoms with Crippen LogP contribution in [0, 0.1) is 5.92 Å². The van der Waals surface area contributed by atoms with Crippen molar-refractivity contribution in [1.82, 2.24) is 9.13 Å². The lowest BCUT2D eigenvalue weighted by atomic mass is 9.73. The summed E-state index contributed by atoms with van der Waals surface area (Å²) in [5.41, 5.74) is 12.5. The first-order valence-electron chi connectivity index (χ1n) is 20.9. The van der Waals surface area contributed by atoms with Crippen molar-refractivity contribution >= 4 is 81.5 Å². The van der Waals surface area contributed by atoms with Crippen molar-refractivity contribution in [3.8, 4) is 11.4 Å². The third-order valence-electron chi connectivity index (χ3n) is 13.9. The summed E-state index contributed by atoms with van der Waals surface area (Å²) in [5, 5.41) is 13.1. The van der Waals surface area contributed by atoms with E-state index in [-0.39, 0.29) is 11.3 Å². The van der Waals surface area contributed by atoms with E-state index in [4.69, 9.17) is 0 Å². The van der Waals surface area contributed by atoms with E-state index in [0.29, 0.717) is 5.92 Å². The van der Waals surface area contributed by atoms with E-state index in [1.54, 1.807) is 0 Å². The van der Waals surface area contributed by atoms with Crippen LogP contribution in [0.1, 0.15) is 36.5 Å². The highest BCUT2D eigenvalue weighted by Gasteiger charge is 2.45. The van der Waals surface area contributed by atoms with Crippen LogP contribution in [0.25, 0.3) is 92.9 Å². The molecule has 0 saturated carbocycles. The van der Waals surface area contributed by atoms with Gasteiger partial charge >= 0.3 is 0 Å². The second-order valence-corrected chi connectivity index (χ2v) is 17.3. The summed E-state index contributed by atoms with van der Waals surface area (Å²) in [6.07, 6.45) is 7.53. The lowest BCUT2D eigenvalue weighted by Gasteiger charge is -2.30. The molecule has 0 N–H and O–H groups in total. The fraction of sp³-hybridized carbons (Fsp3) is 0.0877. The maximum Gasteiger partial charge on any atom is 0.0541 e. The molecule has 2 unspecified atom stereocenters. The molecule has 0 bridgehead atoms. The van der Waals surface area contributed by atoms with Crippen LogP contribution in [0.3, 0.4) is 0 Å². The van der Waals surface area contributed by atoms with Crippen LogP contribution in [-0.4, -0.2) is 9.13 Å². The summed E-state index contributed by atoms with van der Waals surface area (Å²) in [6.45, 7) is 4.91. The quantitative estimate of drug-likeness (QED) is 0.159. The Hall–Kier alpha value is -7.16. The smallest absolute Gasteiger partial charge is 0.0541 e. The van der Waals surface area contributed by atoms with Crippen LogP contribution in [-0.2, 0) is 5.41 Å². The fourth-order valence-electron chi connectivity index (χ4n) is 11.2. The molecule has 11 aromatic rings. The highest BCUT2D eigenvalue weighted by molar-refractivity contribution is 6.25. The molecule has 2 heteroatoms. The predicted molar refractivity (Wildman–Crippen MR) is 250 cm³/mol. The van der Waals surface area contributed by atoms with Crippen molar-refractivity contribution in [3.05, 3.63) is 211 Å². The van der Waals surface area contributed by atoms with Gasteiger partial charge in [0.2, 0.25) is 0 Å². The fourth-order valence-corrected chi connectivity index (χ4v) is 11.2. The van der Waals surface area contributed by atoms with E-state index in [1.165, 1.54) is 98.2 Å². The topological polar surface area (TPSA) is 9.86 Å². The number of rotatable bonds is 3. The van der Waals surface area contributed by atoms with Crippen LogP contribution in [0.5, 0.6) is 0 Å². The van der Waals surface area contributed by atoms with Crippen molar-refractivity contribution in [2.45, 2.75) is 25.2 Å². The van der Waals surface area contributed by atoms with Crippen molar-refractivity contribution in [2.24, 2.45) is 5.92 Å². The Morgan fingerprint density at radius 2 is 0.797 bits per heavy atom. The Kier molecular flexibility index (Phi) is 6.65. The molecular weight excluding hydrogens is 713 g/mol. The largest absolute Gasteiger partial charge is 0.309 e. The molecule has 13 rings (SSSR count). The molecule has 0 spiro atoms. The van der Waals surface area contributed by atoms with E-state index in [1.807, 2.05) is 0 Å². The van der Waals surface area contributed by atoms with E-state index in [9.17, 15) is 0 Å². The number of aromatic nitrogens is 2. The monoisotopic (exact) mass is 752 g/mol. The summed E-state index contributed by atoms with van der Waals surface area (Å²) >= 11 is 0. The van der Waals surface area contributed by atoms with Crippen molar-refractivity contribution < 1.29 is 0 Å². The molecule has 0 radical (unpaired) electrons. The second-order valence-electron chi connectivity index (χ2n) is 17.3. The van der Waals surface area contributed by atoms with E-state index < -0.39 is 0 Å². The summed E-state index contributed by atoms with van der Waals surface area (Å²) in [7, 11) is 0. The van der Waals surface area contributed by atoms with Gasteiger partial charge in [0.15, 0.2) is 0 Å². The van der Waals surface area contributed by atoms with Crippen LogP contribution in [0.15, 0.2) is 194 Å². The molecule has 59 heavy (non-hydrogen) atoms. The van der Waals surface area contributed by atoms with Crippen molar-refractivity contribution in [3.63, 3.8) is 0 Å². The molecule has 2 aliphatic carbocycles. The molecule has 0 saturated heterocycles. The van der Waals surface area contributed by atoms with Gasteiger partial charge in [-0.05, 0) is 121 Å². The highest BCUT2D eigenvalue weighted by atomic mass is 15.0. The molecule has 2 aromatic heterocycles. The maximum atomic E-state index is 2.59. The number of hydrogen-bond donors (Lipinski definition) is 0. The average molecular weight is 753 g/mol. The molecule has 0 fully saturated rings. The zero-order valence-corrected chi connectivity index (χ0v) is 33.0. The highest BCUT2D eigenvalue weighted by Crippen LogP contribution is 2.56. The molecule has 278 valence electrons. The van der Waals surface area contributed by atoms with Crippen molar-refractivity contribution in [2.75, 3.05) is 0 Å². The van der Waals surface area contributed by atoms with Gasteiger partial charge in [-0.25, -0.2) is 0 Å². The Morgan fingerprint density at radius 3 is 1.25 bits per heavy atom. The Morgan fingerprint density at radius 1 is 0.407 bits per heavy atom. The van der Waals surface area contributed by atoms with Gasteiger partial charge in [-0.15, -0.1) is 0 Å². The minimum Gasteiger partial charge on any atom is -0.309 e. The van der Waals surface area contributed by atoms with E-state index in [0.717, 1.165) is 11.4 Å². The first-order chi connectivity index (χ1) is 29.0. The lowest BCUT2D eigenvalue weighted by Crippen LogP contribution is -2.25. The first-order valence-corrected chi connectivity index (χ1v) is 20.9. The summed E-state index contributed by atoms with van der Waals surface area (Å²) in [5.74, 6) is 0.608. The van der Waals surface area contributed by atoms with Crippen LogP contribution < -0.4 is 0 Å². The van der Waals surface area contributed by atoms with Gasteiger partial charge in [0.05, 0.1) is 22.1 Å². The second kappa shape index (κ2) is 11.9. The Balaban J connectivity index is 1.07. The SMILES string of the molecule is CC1(C)c2cc3c4ccccc4c4ccccc4c3cc2C2C=C(c3cc(-n4c5ccccc5c5ccccc54)cc(-n4c5ccccc5c5ccccc54)c3)C=CC21. The van der Waals surface area contributed by atoms with Gasteiger partial charge in [0.25, 0.3) is 0 Å². The lowest BCUT2D eigenvalue weighted by molar-refractivity contribution is 0.395. The number of fused-ring (bicyclic) bond motifs is 15. The summed E-state index contributed by atoms with van der Waals surface area (Å²) < 4.78 is 4.94. The molecule has 2 heterocycles. The van der Waals surface area contributed by atoms with Gasteiger partial charge in [-0.1, -0.05) is 153 Å². The number of para-hydroxylation sites is 4. The third-order valence-corrected chi connectivity index (χ3v) is 13.9. The van der Waals surface area contributed by atoms with E-state index in [2.05, 4.69) is 217 Å². The molecule has 2 atom stereocenters. The number of nitrogens with zero attached hydrogens (tertiary/aromatic N) is 2. The minimum absolute atomic E-state index is 0.0293. The Labute approximate surface area is 342 Å². The van der Waals surface area contributed by atoms with Crippen molar-refractivity contribution in [1.29, 1.82) is 0 Å². The van der Waals surface area contributed by atoms with Crippen LogP contribution in [0.2, 0.25) is 0 Å². The number of hydrogen-bond acceptors (Lipinski definition) is 0. The zero-order valence-electron chi connectivity index (χ0n) is 33.0. The van der Waals surface area contributed by atoms with Gasteiger partial charge in [-0.3, -0.25) is 0 Å². The molecular formula is C57H40N2. The zero-order chi connectivity index (χ0) is 39.0. The first kappa shape index (κ1) is 32.9. The molecule has 2 nitrogen and oxygen atoms in total. The summed E-state index contributed by atoms with van der Waals surface area (Å²) in [6, 6.07) is 65.6. The van der Waals surface area contributed by atoms with Gasteiger partial charge in [0, 0.05) is 38.8 Å². The van der Waals surface area contributed by atoms with E-state index >= 15 is 0 Å². The normalized spacial score (nSPS) is 17.2. The summed E-state index contributed by atoms with van der Waals surface area (Å²) in [4.78, 5) is 0. The third kappa shape index (κ3) is 4.52. The van der Waals surface area contributed by atoms with Gasteiger partial charge < -0.3 is 9.13 Å². The molecule has 0 amide bonds. The molecule has 9 aromatic carbocycles. The number of benzene rings is 9. The van der Waals surface area contributed by atoms with Gasteiger partial charge in [-0.2, -0.15) is 0 Å². The predicted octanol–water partition coefficient (Wildman–Crippen LogP) is 15.0. The van der Waals surface area contributed by atoms with Crippen LogP contribution >= 0.6 is 0 Å². The Bertz CT molecular complexity index is 3420. The standard InChI is InChI=1S/C57H40N2/c1-57(2)51-28-27-35(31-49(51)50-33-47-41-17-5-3-15-39(41)40-16-4-6-18-42(40)48(47)34-52(50)57)36-29-37(58-53-23-11-7-19-43(53)44-20-8-12-24-54(44)58)32-38(30-36)59-55-25-13-9-21-45(55)46-22-10-14-26-56(46)59/h3-34,49,51H,1-2H3. The average Bonchev–Trinajstić information content (AvgIpc) is 3.89. The maximum absolute atomic E-state index is 2.59.